The molecule has 0 radical (unpaired) electrons. The maximum absolute atomic E-state index is 11.3. The van der Waals surface area contributed by atoms with Crippen molar-refractivity contribution in [2.45, 2.75) is 13.0 Å². The second kappa shape index (κ2) is 3.33. The predicted molar refractivity (Wildman–Crippen MR) is 58.2 cm³/mol. The van der Waals surface area contributed by atoms with Crippen LogP contribution >= 0.6 is 23.2 Å². The van der Waals surface area contributed by atoms with Crippen molar-refractivity contribution in [3.05, 3.63) is 22.2 Å². The fourth-order valence-electron chi connectivity index (χ4n) is 1.31. The van der Waals surface area contributed by atoms with Crippen LogP contribution in [0, 0.1) is 0 Å². The number of fused-ring (bicyclic) bond motifs is 1. The minimum atomic E-state index is -0.250. The van der Waals surface area contributed by atoms with E-state index in [0.29, 0.717) is 15.7 Å². The zero-order valence-electron chi connectivity index (χ0n) is 7.40. The van der Waals surface area contributed by atoms with Gasteiger partial charge in [-0.05, 0) is 19.1 Å². The summed E-state index contributed by atoms with van der Waals surface area (Å²) in [7, 11) is 0. The lowest BCUT2D eigenvalue weighted by atomic mass is 10.1. The maximum atomic E-state index is 11.3. The number of halogens is 2. The Morgan fingerprint density at radius 1 is 1.21 bits per heavy atom. The first-order valence-electron chi connectivity index (χ1n) is 4.14. The average Bonchev–Trinajstić information content (AvgIpc) is 2.11. The summed E-state index contributed by atoms with van der Waals surface area (Å²) in [6.07, 6.45) is 0. The number of carbonyl (C=O) groups excluding carboxylic acids is 1. The number of hydrogen-bond donors (Lipinski definition) is 2. The number of hydrogen-bond acceptors (Lipinski definition) is 2. The van der Waals surface area contributed by atoms with Gasteiger partial charge >= 0.3 is 0 Å². The smallest absolute Gasteiger partial charge is 0.246 e. The molecule has 1 aromatic rings. The number of anilines is 2. The molecule has 0 saturated heterocycles. The number of amides is 1. The zero-order chi connectivity index (χ0) is 10.3. The van der Waals surface area contributed by atoms with E-state index in [2.05, 4.69) is 10.6 Å². The molecule has 2 rings (SSSR count). The lowest BCUT2D eigenvalue weighted by Crippen LogP contribution is -2.36. The van der Waals surface area contributed by atoms with E-state index in [1.165, 1.54) is 0 Å². The standard InChI is InChI=1S/C9H8Cl2N2O/c1-4-9(14)13-8-3-6(11)5(10)2-7(8)12-4/h2-4,12H,1H3,(H,13,14)/t4-/m1/s1. The fourth-order valence-corrected chi connectivity index (χ4v) is 1.64. The van der Waals surface area contributed by atoms with Crippen LogP contribution in [0.3, 0.4) is 0 Å². The van der Waals surface area contributed by atoms with E-state index in [-0.39, 0.29) is 11.9 Å². The lowest BCUT2D eigenvalue weighted by molar-refractivity contribution is -0.116. The van der Waals surface area contributed by atoms with E-state index in [1.807, 2.05) is 0 Å². The molecule has 0 aliphatic carbocycles. The third-order valence-electron chi connectivity index (χ3n) is 2.08. The van der Waals surface area contributed by atoms with Crippen LogP contribution in [0.2, 0.25) is 10.0 Å². The quantitative estimate of drug-likeness (QED) is 0.720. The summed E-state index contributed by atoms with van der Waals surface area (Å²) < 4.78 is 0. The highest BCUT2D eigenvalue weighted by Crippen LogP contribution is 2.34. The Morgan fingerprint density at radius 3 is 2.43 bits per heavy atom. The van der Waals surface area contributed by atoms with Gasteiger partial charge in [-0.3, -0.25) is 4.79 Å². The molecular weight excluding hydrogens is 223 g/mol. The molecule has 0 fully saturated rings. The van der Waals surface area contributed by atoms with Crippen LogP contribution in [0.25, 0.3) is 0 Å². The minimum Gasteiger partial charge on any atom is -0.372 e. The van der Waals surface area contributed by atoms with Crippen molar-refractivity contribution in [2.75, 3.05) is 10.6 Å². The zero-order valence-corrected chi connectivity index (χ0v) is 8.91. The molecule has 1 aromatic carbocycles. The Hall–Kier alpha value is -0.930. The van der Waals surface area contributed by atoms with Crippen LogP contribution in [0.5, 0.6) is 0 Å². The highest BCUT2D eigenvalue weighted by molar-refractivity contribution is 6.42. The molecule has 14 heavy (non-hydrogen) atoms. The van der Waals surface area contributed by atoms with E-state index in [0.717, 1.165) is 5.69 Å². The summed E-state index contributed by atoms with van der Waals surface area (Å²) in [5.74, 6) is -0.0733. The molecule has 1 aliphatic rings. The van der Waals surface area contributed by atoms with Gasteiger partial charge in [0.1, 0.15) is 6.04 Å². The third kappa shape index (κ3) is 1.53. The predicted octanol–water partition coefficient (Wildman–Crippen LogP) is 2.75. The van der Waals surface area contributed by atoms with Gasteiger partial charge in [-0.25, -0.2) is 0 Å². The van der Waals surface area contributed by atoms with Crippen LogP contribution < -0.4 is 10.6 Å². The largest absolute Gasteiger partial charge is 0.372 e. The van der Waals surface area contributed by atoms with Gasteiger partial charge < -0.3 is 10.6 Å². The summed E-state index contributed by atoms with van der Waals surface area (Å²) in [6.45, 7) is 1.78. The van der Waals surface area contributed by atoms with Gasteiger partial charge in [0, 0.05) is 0 Å². The highest BCUT2D eigenvalue weighted by atomic mass is 35.5. The van der Waals surface area contributed by atoms with Crippen molar-refractivity contribution < 1.29 is 4.79 Å². The Balaban J connectivity index is 2.47. The second-order valence-corrected chi connectivity index (χ2v) is 3.98. The van der Waals surface area contributed by atoms with Crippen molar-refractivity contribution >= 4 is 40.5 Å². The van der Waals surface area contributed by atoms with E-state index >= 15 is 0 Å². The fraction of sp³-hybridized carbons (Fsp3) is 0.222. The minimum absolute atomic E-state index is 0.0733. The summed E-state index contributed by atoms with van der Waals surface area (Å²) in [5.41, 5.74) is 1.47. The lowest BCUT2D eigenvalue weighted by Gasteiger charge is -2.24. The van der Waals surface area contributed by atoms with Gasteiger partial charge in [0.15, 0.2) is 0 Å². The van der Waals surface area contributed by atoms with Gasteiger partial charge in [0.25, 0.3) is 0 Å². The van der Waals surface area contributed by atoms with Gasteiger partial charge in [-0.15, -0.1) is 0 Å². The van der Waals surface area contributed by atoms with Crippen LogP contribution in [0.15, 0.2) is 12.1 Å². The van der Waals surface area contributed by atoms with Gasteiger partial charge in [-0.2, -0.15) is 0 Å². The van der Waals surface area contributed by atoms with Crippen LogP contribution in [-0.2, 0) is 4.79 Å². The Morgan fingerprint density at radius 2 is 1.79 bits per heavy atom. The van der Waals surface area contributed by atoms with Gasteiger partial charge in [0.2, 0.25) is 5.91 Å². The van der Waals surface area contributed by atoms with Crippen molar-refractivity contribution in [1.82, 2.24) is 0 Å². The molecule has 5 heteroatoms. The van der Waals surface area contributed by atoms with Crippen molar-refractivity contribution in [3.63, 3.8) is 0 Å². The average molecular weight is 231 g/mol. The maximum Gasteiger partial charge on any atom is 0.246 e. The summed E-state index contributed by atoms with van der Waals surface area (Å²) in [5, 5.41) is 6.66. The van der Waals surface area contributed by atoms with Crippen LogP contribution in [0.1, 0.15) is 6.92 Å². The summed E-state index contributed by atoms with van der Waals surface area (Å²) >= 11 is 11.7. The molecule has 0 aromatic heterocycles. The molecule has 3 nitrogen and oxygen atoms in total. The Labute approximate surface area is 91.4 Å². The molecule has 1 aliphatic heterocycles. The molecule has 0 bridgehead atoms. The highest BCUT2D eigenvalue weighted by Gasteiger charge is 2.22. The summed E-state index contributed by atoms with van der Waals surface area (Å²) in [6, 6.07) is 3.09. The van der Waals surface area contributed by atoms with E-state index in [4.69, 9.17) is 23.2 Å². The van der Waals surface area contributed by atoms with Crippen LogP contribution in [0.4, 0.5) is 11.4 Å². The van der Waals surface area contributed by atoms with Gasteiger partial charge in [-0.1, -0.05) is 23.2 Å². The Kier molecular flexibility index (Phi) is 2.29. The van der Waals surface area contributed by atoms with E-state index in [1.54, 1.807) is 19.1 Å². The van der Waals surface area contributed by atoms with Gasteiger partial charge in [0.05, 0.1) is 21.4 Å². The Bertz CT molecular complexity index is 406. The number of benzene rings is 1. The van der Waals surface area contributed by atoms with E-state index < -0.39 is 0 Å². The molecule has 0 spiro atoms. The SMILES string of the molecule is C[C@H]1Nc2cc(Cl)c(Cl)cc2NC1=O. The first-order chi connectivity index (χ1) is 6.58. The molecule has 0 saturated carbocycles. The third-order valence-corrected chi connectivity index (χ3v) is 2.81. The van der Waals surface area contributed by atoms with Crippen molar-refractivity contribution in [1.29, 1.82) is 0 Å². The topological polar surface area (TPSA) is 41.1 Å². The molecule has 1 atom stereocenters. The number of nitrogens with one attached hydrogen (secondary N) is 2. The molecule has 1 heterocycles. The number of carbonyl (C=O) groups is 1. The molecule has 74 valence electrons. The van der Waals surface area contributed by atoms with E-state index in [9.17, 15) is 4.79 Å². The normalized spacial score (nSPS) is 19.6. The first-order valence-corrected chi connectivity index (χ1v) is 4.90. The summed E-state index contributed by atoms with van der Waals surface area (Å²) in [4.78, 5) is 11.3. The second-order valence-electron chi connectivity index (χ2n) is 3.17. The number of rotatable bonds is 0. The molecule has 2 N–H and O–H groups in total. The first kappa shape index (κ1) is 9.62. The van der Waals surface area contributed by atoms with Crippen molar-refractivity contribution in [2.24, 2.45) is 0 Å². The molecule has 1 amide bonds. The molecule has 0 unspecified atom stereocenters. The van der Waals surface area contributed by atoms with Crippen LogP contribution in [-0.4, -0.2) is 11.9 Å². The van der Waals surface area contributed by atoms with Crippen molar-refractivity contribution in [3.8, 4) is 0 Å². The molecular formula is C9H8Cl2N2O. The monoisotopic (exact) mass is 230 g/mol.